The zero-order valence-corrected chi connectivity index (χ0v) is 12.6. The zero-order valence-electron chi connectivity index (χ0n) is 11.8. The number of aromatic nitrogens is 1. The lowest BCUT2D eigenvalue weighted by molar-refractivity contribution is 0.516. The molecular weight excluding hydrogens is 297 g/mol. The molecule has 2 aromatic carbocycles. The minimum Gasteiger partial charge on any atom is -0.507 e. The van der Waals surface area contributed by atoms with E-state index >= 15 is 0 Å². The van der Waals surface area contributed by atoms with Crippen molar-refractivity contribution in [3.05, 3.63) is 82.4 Å². The van der Waals surface area contributed by atoms with Gasteiger partial charge in [-0.25, -0.2) is 9.37 Å². The van der Waals surface area contributed by atoms with Crippen molar-refractivity contribution in [2.24, 2.45) is 0 Å². The highest BCUT2D eigenvalue weighted by Gasteiger charge is 2.15. The highest BCUT2D eigenvalue weighted by atomic mass is 32.1. The van der Waals surface area contributed by atoms with E-state index in [4.69, 9.17) is 0 Å². The lowest BCUT2D eigenvalue weighted by Gasteiger charge is -1.99. The first kappa shape index (κ1) is 14.5. The molecule has 0 aliphatic carbocycles. The summed E-state index contributed by atoms with van der Waals surface area (Å²) in [6.45, 7) is 3.62. The lowest BCUT2D eigenvalue weighted by Crippen LogP contribution is -1.88. The molecule has 3 rings (SSSR count). The van der Waals surface area contributed by atoms with E-state index < -0.39 is 0 Å². The van der Waals surface area contributed by atoms with Crippen LogP contribution in [-0.2, 0) is 6.42 Å². The molecule has 0 saturated carbocycles. The molecule has 1 aromatic heterocycles. The van der Waals surface area contributed by atoms with Crippen LogP contribution < -0.4 is 0 Å². The topological polar surface area (TPSA) is 33.1 Å². The maximum Gasteiger partial charge on any atom is 0.127 e. The SMILES string of the molecule is C=C(O)c1sc(Cc2ccc(F)cc2)nc1-c1ccccc1. The van der Waals surface area contributed by atoms with Crippen LogP contribution in [-0.4, -0.2) is 10.1 Å². The Labute approximate surface area is 132 Å². The first-order valence-electron chi connectivity index (χ1n) is 6.81. The van der Waals surface area contributed by atoms with Crippen molar-refractivity contribution < 1.29 is 9.50 Å². The van der Waals surface area contributed by atoms with Crippen molar-refractivity contribution >= 4 is 17.1 Å². The van der Waals surface area contributed by atoms with Crippen LogP contribution >= 0.6 is 11.3 Å². The maximum atomic E-state index is 13.0. The molecule has 0 amide bonds. The Kier molecular flexibility index (Phi) is 4.02. The monoisotopic (exact) mass is 311 g/mol. The average molecular weight is 311 g/mol. The second kappa shape index (κ2) is 6.12. The van der Waals surface area contributed by atoms with Crippen molar-refractivity contribution in [2.75, 3.05) is 0 Å². The molecule has 110 valence electrons. The van der Waals surface area contributed by atoms with Crippen LogP contribution in [0.5, 0.6) is 0 Å². The summed E-state index contributed by atoms with van der Waals surface area (Å²) in [5, 5.41) is 10.7. The van der Waals surface area contributed by atoms with Crippen LogP contribution in [0.4, 0.5) is 4.39 Å². The Bertz CT molecular complexity index is 794. The van der Waals surface area contributed by atoms with Crippen LogP contribution in [0.1, 0.15) is 15.4 Å². The molecule has 0 aliphatic heterocycles. The summed E-state index contributed by atoms with van der Waals surface area (Å²) in [6.07, 6.45) is 0.595. The van der Waals surface area contributed by atoms with Crippen LogP contribution in [0.15, 0.2) is 61.2 Å². The van der Waals surface area contributed by atoms with Gasteiger partial charge in [0.05, 0.1) is 15.6 Å². The number of halogens is 1. The van der Waals surface area contributed by atoms with Crippen molar-refractivity contribution in [3.63, 3.8) is 0 Å². The summed E-state index contributed by atoms with van der Waals surface area (Å²) in [5.41, 5.74) is 2.65. The highest BCUT2D eigenvalue weighted by Crippen LogP contribution is 2.32. The molecule has 0 saturated heterocycles. The van der Waals surface area contributed by atoms with Crippen LogP contribution in [0.3, 0.4) is 0 Å². The molecule has 0 unspecified atom stereocenters. The second-order valence-corrected chi connectivity index (χ2v) is 5.98. The third-order valence-corrected chi connectivity index (χ3v) is 4.35. The molecule has 0 radical (unpaired) electrons. The predicted molar refractivity (Wildman–Crippen MR) is 88.4 cm³/mol. The largest absolute Gasteiger partial charge is 0.507 e. The minimum atomic E-state index is -0.253. The summed E-state index contributed by atoms with van der Waals surface area (Å²) in [5.74, 6) is -0.237. The second-order valence-electron chi connectivity index (χ2n) is 4.90. The Morgan fingerprint density at radius 1 is 1.09 bits per heavy atom. The molecule has 0 aliphatic rings. The molecule has 1 heterocycles. The molecular formula is C18H14FNOS. The van der Waals surface area contributed by atoms with Crippen molar-refractivity contribution in [3.8, 4) is 11.3 Å². The fourth-order valence-electron chi connectivity index (χ4n) is 2.20. The molecule has 0 atom stereocenters. The molecule has 0 bridgehead atoms. The number of aliphatic hydroxyl groups is 1. The smallest absolute Gasteiger partial charge is 0.127 e. The lowest BCUT2D eigenvalue weighted by atomic mass is 10.1. The molecule has 2 nitrogen and oxygen atoms in total. The quantitative estimate of drug-likeness (QED) is 0.682. The van der Waals surface area contributed by atoms with Gasteiger partial charge in [0.15, 0.2) is 0 Å². The van der Waals surface area contributed by atoms with E-state index in [0.717, 1.165) is 21.8 Å². The van der Waals surface area contributed by atoms with E-state index in [0.29, 0.717) is 11.3 Å². The third-order valence-electron chi connectivity index (χ3n) is 3.25. The first-order valence-corrected chi connectivity index (χ1v) is 7.63. The number of nitrogens with zero attached hydrogens (tertiary/aromatic N) is 1. The average Bonchev–Trinajstić information content (AvgIpc) is 2.95. The molecule has 0 spiro atoms. The number of thiazole rings is 1. The molecule has 3 aromatic rings. The number of hydrogen-bond acceptors (Lipinski definition) is 3. The predicted octanol–water partition coefficient (Wildman–Crippen LogP) is 5.07. The van der Waals surface area contributed by atoms with Gasteiger partial charge in [-0.1, -0.05) is 49.0 Å². The Balaban J connectivity index is 1.97. The van der Waals surface area contributed by atoms with Gasteiger partial charge in [-0.2, -0.15) is 0 Å². The Hall–Kier alpha value is -2.46. The van der Waals surface area contributed by atoms with Gasteiger partial charge in [-0.3, -0.25) is 0 Å². The summed E-state index contributed by atoms with van der Waals surface area (Å²) < 4.78 is 13.0. The van der Waals surface area contributed by atoms with Gasteiger partial charge in [0.25, 0.3) is 0 Å². The van der Waals surface area contributed by atoms with Crippen LogP contribution in [0, 0.1) is 5.82 Å². The standard InChI is InChI=1S/C18H14FNOS/c1-12(21)18-17(14-5-3-2-4-6-14)20-16(22-18)11-13-7-9-15(19)10-8-13/h2-10,21H,1,11H2. The highest BCUT2D eigenvalue weighted by molar-refractivity contribution is 7.13. The van der Waals surface area contributed by atoms with Crippen LogP contribution in [0.2, 0.25) is 0 Å². The van der Waals surface area contributed by atoms with Gasteiger partial charge in [0, 0.05) is 12.0 Å². The molecule has 22 heavy (non-hydrogen) atoms. The maximum absolute atomic E-state index is 13.0. The van der Waals surface area contributed by atoms with E-state index in [1.54, 1.807) is 12.1 Å². The normalized spacial score (nSPS) is 10.6. The fraction of sp³-hybridized carbons (Fsp3) is 0.0556. The van der Waals surface area contributed by atoms with Gasteiger partial charge in [-0.05, 0) is 17.7 Å². The summed E-state index contributed by atoms with van der Waals surface area (Å²) in [7, 11) is 0. The van der Waals surface area contributed by atoms with Crippen molar-refractivity contribution in [1.82, 2.24) is 4.98 Å². The third kappa shape index (κ3) is 3.07. The summed E-state index contributed by atoms with van der Waals surface area (Å²) in [4.78, 5) is 5.29. The summed E-state index contributed by atoms with van der Waals surface area (Å²) >= 11 is 1.41. The number of hydrogen-bond donors (Lipinski definition) is 1. The van der Waals surface area contributed by atoms with E-state index in [1.165, 1.54) is 23.5 Å². The van der Waals surface area contributed by atoms with Gasteiger partial charge in [-0.15, -0.1) is 11.3 Å². The first-order chi connectivity index (χ1) is 10.6. The Morgan fingerprint density at radius 2 is 1.77 bits per heavy atom. The number of benzene rings is 2. The van der Waals surface area contributed by atoms with Gasteiger partial charge in [0.1, 0.15) is 11.6 Å². The van der Waals surface area contributed by atoms with Crippen molar-refractivity contribution in [2.45, 2.75) is 6.42 Å². The molecule has 1 N–H and O–H groups in total. The van der Waals surface area contributed by atoms with Gasteiger partial charge < -0.3 is 5.11 Å². The molecule has 0 fully saturated rings. The fourth-order valence-corrected chi connectivity index (χ4v) is 3.19. The number of aliphatic hydroxyl groups excluding tert-OH is 1. The van der Waals surface area contributed by atoms with E-state index in [2.05, 4.69) is 11.6 Å². The van der Waals surface area contributed by atoms with Gasteiger partial charge >= 0.3 is 0 Å². The number of rotatable bonds is 4. The van der Waals surface area contributed by atoms with E-state index in [1.807, 2.05) is 30.3 Å². The molecule has 4 heteroatoms. The minimum absolute atomic E-state index is 0.0155. The van der Waals surface area contributed by atoms with Gasteiger partial charge in [0.2, 0.25) is 0 Å². The Morgan fingerprint density at radius 3 is 2.41 bits per heavy atom. The van der Waals surface area contributed by atoms with Crippen molar-refractivity contribution in [1.29, 1.82) is 0 Å². The van der Waals surface area contributed by atoms with Crippen LogP contribution in [0.25, 0.3) is 17.0 Å². The zero-order chi connectivity index (χ0) is 15.5. The van der Waals surface area contributed by atoms with E-state index in [-0.39, 0.29) is 11.6 Å². The summed E-state index contributed by atoms with van der Waals surface area (Å²) in [6, 6.07) is 16.0. The van der Waals surface area contributed by atoms with E-state index in [9.17, 15) is 9.50 Å².